The number of hydrogen-bond acceptors (Lipinski definition) is 4. The molecular formula is C16H27N3O3S. The lowest BCUT2D eigenvalue weighted by molar-refractivity contribution is 0.414. The predicted molar refractivity (Wildman–Crippen MR) is 93.2 cm³/mol. The molecule has 1 aromatic rings. The standard InChI is InChI=1S/C16H27N3O3S/c1-4-19(5-2)23(20,21)17-12-14-10-11-18(13-14)15-8-6-7-9-16(15)22-3/h6-9,14,17H,4-5,10-13H2,1-3H3. The van der Waals surface area contributed by atoms with Crippen LogP contribution in [-0.2, 0) is 10.2 Å². The van der Waals surface area contributed by atoms with Gasteiger partial charge in [0.2, 0.25) is 0 Å². The minimum atomic E-state index is -3.36. The Kier molecular flexibility index (Phi) is 6.26. The van der Waals surface area contributed by atoms with E-state index in [-0.39, 0.29) is 0 Å². The molecule has 1 N–H and O–H groups in total. The van der Waals surface area contributed by atoms with E-state index in [2.05, 4.69) is 9.62 Å². The van der Waals surface area contributed by atoms with Crippen LogP contribution in [0.1, 0.15) is 20.3 Å². The molecule has 2 rings (SSSR count). The Morgan fingerprint density at radius 3 is 2.65 bits per heavy atom. The van der Waals surface area contributed by atoms with E-state index < -0.39 is 10.2 Å². The van der Waals surface area contributed by atoms with Crippen LogP contribution in [0.5, 0.6) is 5.75 Å². The summed E-state index contributed by atoms with van der Waals surface area (Å²) in [6, 6.07) is 7.94. The lowest BCUT2D eigenvalue weighted by atomic mass is 10.1. The lowest BCUT2D eigenvalue weighted by Crippen LogP contribution is -2.42. The molecule has 1 aliphatic heterocycles. The highest BCUT2D eigenvalue weighted by molar-refractivity contribution is 7.87. The highest BCUT2D eigenvalue weighted by Crippen LogP contribution is 2.31. The number of para-hydroxylation sites is 2. The van der Waals surface area contributed by atoms with Crippen molar-refractivity contribution < 1.29 is 13.2 Å². The van der Waals surface area contributed by atoms with Gasteiger partial charge in [0.15, 0.2) is 0 Å². The first kappa shape index (κ1) is 18.0. The monoisotopic (exact) mass is 341 g/mol. The lowest BCUT2D eigenvalue weighted by Gasteiger charge is -2.22. The Morgan fingerprint density at radius 1 is 1.30 bits per heavy atom. The first-order chi connectivity index (χ1) is 11.0. The first-order valence-electron chi connectivity index (χ1n) is 8.14. The van der Waals surface area contributed by atoms with Crippen molar-refractivity contribution in [3.05, 3.63) is 24.3 Å². The fraction of sp³-hybridized carbons (Fsp3) is 0.625. The van der Waals surface area contributed by atoms with Crippen LogP contribution in [0.25, 0.3) is 0 Å². The minimum absolute atomic E-state index is 0.310. The normalized spacial score (nSPS) is 18.6. The van der Waals surface area contributed by atoms with E-state index in [4.69, 9.17) is 4.74 Å². The topological polar surface area (TPSA) is 61.9 Å². The molecule has 0 aliphatic carbocycles. The first-order valence-corrected chi connectivity index (χ1v) is 9.58. The molecule has 23 heavy (non-hydrogen) atoms. The van der Waals surface area contributed by atoms with E-state index in [1.165, 1.54) is 4.31 Å². The molecule has 130 valence electrons. The van der Waals surface area contributed by atoms with Gasteiger partial charge in [-0.1, -0.05) is 26.0 Å². The second-order valence-corrected chi connectivity index (χ2v) is 7.47. The van der Waals surface area contributed by atoms with Crippen LogP contribution in [-0.4, -0.2) is 52.6 Å². The summed E-state index contributed by atoms with van der Waals surface area (Å²) in [5, 5.41) is 0. The summed E-state index contributed by atoms with van der Waals surface area (Å²) in [5.74, 6) is 1.17. The summed E-state index contributed by atoms with van der Waals surface area (Å²) in [5.41, 5.74) is 1.07. The molecule has 7 heteroatoms. The van der Waals surface area contributed by atoms with Crippen LogP contribution in [0, 0.1) is 5.92 Å². The molecule has 0 amide bonds. The van der Waals surface area contributed by atoms with Gasteiger partial charge >= 0.3 is 0 Å². The van der Waals surface area contributed by atoms with E-state index >= 15 is 0 Å². The molecule has 0 spiro atoms. The summed E-state index contributed by atoms with van der Waals surface area (Å²) in [4.78, 5) is 2.26. The number of benzene rings is 1. The molecule has 1 fully saturated rings. The Labute approximate surface area is 139 Å². The van der Waals surface area contributed by atoms with Crippen molar-refractivity contribution in [3.63, 3.8) is 0 Å². The maximum absolute atomic E-state index is 12.2. The fourth-order valence-electron chi connectivity index (χ4n) is 2.99. The van der Waals surface area contributed by atoms with E-state index in [1.54, 1.807) is 7.11 Å². The smallest absolute Gasteiger partial charge is 0.279 e. The van der Waals surface area contributed by atoms with E-state index in [9.17, 15) is 8.42 Å². The fourth-order valence-corrected chi connectivity index (χ4v) is 4.30. The largest absolute Gasteiger partial charge is 0.495 e. The second kappa shape index (κ2) is 7.99. The van der Waals surface area contributed by atoms with Gasteiger partial charge in [0.1, 0.15) is 5.75 Å². The minimum Gasteiger partial charge on any atom is -0.495 e. The van der Waals surface area contributed by atoms with Crippen molar-refractivity contribution in [2.75, 3.05) is 44.7 Å². The molecule has 0 bridgehead atoms. The number of hydrogen-bond donors (Lipinski definition) is 1. The molecule has 0 aromatic heterocycles. The molecule has 0 radical (unpaired) electrons. The molecule has 1 aromatic carbocycles. The average Bonchev–Trinajstić information content (AvgIpc) is 3.03. The van der Waals surface area contributed by atoms with Gasteiger partial charge in [-0.25, -0.2) is 4.72 Å². The molecule has 1 unspecified atom stereocenters. The third-order valence-electron chi connectivity index (χ3n) is 4.31. The zero-order valence-electron chi connectivity index (χ0n) is 14.2. The molecule has 0 saturated carbocycles. The molecular weight excluding hydrogens is 314 g/mol. The van der Waals surface area contributed by atoms with Gasteiger partial charge in [-0.15, -0.1) is 0 Å². The van der Waals surface area contributed by atoms with Gasteiger partial charge in [-0.2, -0.15) is 12.7 Å². The van der Waals surface area contributed by atoms with Crippen LogP contribution >= 0.6 is 0 Å². The molecule has 6 nitrogen and oxygen atoms in total. The van der Waals surface area contributed by atoms with E-state index in [0.717, 1.165) is 30.9 Å². The van der Waals surface area contributed by atoms with Gasteiger partial charge in [0.25, 0.3) is 10.2 Å². The van der Waals surface area contributed by atoms with Crippen LogP contribution < -0.4 is 14.4 Å². The number of anilines is 1. The average molecular weight is 341 g/mol. The molecule has 1 saturated heterocycles. The van der Waals surface area contributed by atoms with E-state index in [1.807, 2.05) is 38.1 Å². The van der Waals surface area contributed by atoms with Crippen molar-refractivity contribution in [3.8, 4) is 5.75 Å². The number of nitrogens with zero attached hydrogens (tertiary/aromatic N) is 2. The van der Waals surface area contributed by atoms with Crippen LogP contribution in [0.4, 0.5) is 5.69 Å². The third-order valence-corrected chi connectivity index (χ3v) is 6.04. The summed E-state index contributed by atoms with van der Waals surface area (Å²) >= 11 is 0. The van der Waals surface area contributed by atoms with Crippen molar-refractivity contribution in [1.82, 2.24) is 9.03 Å². The van der Waals surface area contributed by atoms with E-state index in [0.29, 0.717) is 25.6 Å². The van der Waals surface area contributed by atoms with Gasteiger partial charge in [-0.05, 0) is 24.5 Å². The van der Waals surface area contributed by atoms with Crippen molar-refractivity contribution in [2.24, 2.45) is 5.92 Å². The highest BCUT2D eigenvalue weighted by Gasteiger charge is 2.27. The van der Waals surface area contributed by atoms with Crippen molar-refractivity contribution in [1.29, 1.82) is 0 Å². The van der Waals surface area contributed by atoms with Crippen molar-refractivity contribution in [2.45, 2.75) is 20.3 Å². The van der Waals surface area contributed by atoms with Crippen molar-refractivity contribution >= 4 is 15.9 Å². The Balaban J connectivity index is 1.93. The van der Waals surface area contributed by atoms with Gasteiger partial charge in [-0.3, -0.25) is 0 Å². The molecule has 1 atom stereocenters. The summed E-state index contributed by atoms with van der Waals surface area (Å²) < 4.78 is 34.0. The number of methoxy groups -OCH3 is 1. The Hall–Kier alpha value is -1.31. The summed E-state index contributed by atoms with van der Waals surface area (Å²) in [6.45, 7) is 6.90. The zero-order valence-corrected chi connectivity index (χ0v) is 15.0. The zero-order chi connectivity index (χ0) is 16.9. The van der Waals surface area contributed by atoms with Crippen LogP contribution in [0.3, 0.4) is 0 Å². The predicted octanol–water partition coefficient (Wildman–Crippen LogP) is 1.70. The maximum atomic E-state index is 12.2. The van der Waals surface area contributed by atoms with Gasteiger partial charge in [0.05, 0.1) is 12.8 Å². The summed E-state index contributed by atoms with van der Waals surface area (Å²) in [7, 11) is -1.69. The SMILES string of the molecule is CCN(CC)S(=O)(=O)NCC1CCN(c2ccccc2OC)C1. The number of rotatable bonds is 8. The number of nitrogens with one attached hydrogen (secondary N) is 1. The molecule has 1 heterocycles. The Bertz CT molecular complexity index is 602. The van der Waals surface area contributed by atoms with Gasteiger partial charge < -0.3 is 9.64 Å². The van der Waals surface area contributed by atoms with Gasteiger partial charge in [0, 0.05) is 32.7 Å². The second-order valence-electron chi connectivity index (χ2n) is 5.71. The Morgan fingerprint density at radius 2 is 2.00 bits per heavy atom. The maximum Gasteiger partial charge on any atom is 0.279 e. The third kappa shape index (κ3) is 4.37. The quantitative estimate of drug-likeness (QED) is 0.782. The summed E-state index contributed by atoms with van der Waals surface area (Å²) in [6.07, 6.45) is 0.971. The highest BCUT2D eigenvalue weighted by atomic mass is 32.2. The molecule has 1 aliphatic rings. The van der Waals surface area contributed by atoms with Crippen LogP contribution in [0.2, 0.25) is 0 Å². The van der Waals surface area contributed by atoms with Crippen LogP contribution in [0.15, 0.2) is 24.3 Å². The number of ether oxygens (including phenoxy) is 1.